The van der Waals surface area contributed by atoms with Gasteiger partial charge >= 0.3 is 0 Å². The highest BCUT2D eigenvalue weighted by Gasteiger charge is 2.25. The molecule has 0 saturated carbocycles. The topological polar surface area (TPSA) is 49.4 Å². The maximum atomic E-state index is 12.4. The van der Waals surface area contributed by atoms with Gasteiger partial charge in [0.1, 0.15) is 6.04 Å². The third kappa shape index (κ3) is 4.88. The molecule has 0 heterocycles. The third-order valence-corrected chi connectivity index (χ3v) is 3.58. The van der Waals surface area contributed by atoms with E-state index in [4.69, 9.17) is 0 Å². The summed E-state index contributed by atoms with van der Waals surface area (Å²) < 4.78 is 0. The number of amides is 2. The van der Waals surface area contributed by atoms with Gasteiger partial charge in [0, 0.05) is 19.5 Å². The van der Waals surface area contributed by atoms with Crippen LogP contribution in [0.15, 0.2) is 24.3 Å². The lowest BCUT2D eigenvalue weighted by atomic mass is 10.1. The largest absolute Gasteiger partial charge is 0.355 e. The fourth-order valence-electron chi connectivity index (χ4n) is 2.23. The Hall–Kier alpha value is -1.84. The van der Waals surface area contributed by atoms with Gasteiger partial charge in [-0.15, -0.1) is 0 Å². The van der Waals surface area contributed by atoms with Crippen LogP contribution in [0.1, 0.15) is 44.7 Å². The van der Waals surface area contributed by atoms with Gasteiger partial charge in [0.15, 0.2) is 0 Å². The Labute approximate surface area is 127 Å². The van der Waals surface area contributed by atoms with Gasteiger partial charge in [-0.2, -0.15) is 0 Å². The van der Waals surface area contributed by atoms with Crippen molar-refractivity contribution in [3.63, 3.8) is 0 Å². The van der Waals surface area contributed by atoms with E-state index in [-0.39, 0.29) is 11.8 Å². The van der Waals surface area contributed by atoms with Gasteiger partial charge in [-0.1, -0.05) is 31.2 Å². The van der Waals surface area contributed by atoms with E-state index in [1.54, 1.807) is 11.8 Å². The zero-order valence-electron chi connectivity index (χ0n) is 13.5. The fourth-order valence-corrected chi connectivity index (χ4v) is 2.23. The molecule has 0 aliphatic heterocycles. The molecule has 0 saturated heterocycles. The Morgan fingerprint density at radius 3 is 2.48 bits per heavy atom. The first-order valence-electron chi connectivity index (χ1n) is 7.62. The van der Waals surface area contributed by atoms with Crippen molar-refractivity contribution in [3.8, 4) is 0 Å². The van der Waals surface area contributed by atoms with Gasteiger partial charge in [0.05, 0.1) is 0 Å². The van der Waals surface area contributed by atoms with Crippen molar-refractivity contribution in [3.05, 3.63) is 35.4 Å². The van der Waals surface area contributed by atoms with E-state index in [1.807, 2.05) is 45.0 Å². The smallest absolute Gasteiger partial charge is 0.242 e. The molecule has 0 fully saturated rings. The first-order valence-corrected chi connectivity index (χ1v) is 7.62. The Morgan fingerprint density at radius 2 is 1.90 bits per heavy atom. The Morgan fingerprint density at radius 1 is 1.24 bits per heavy atom. The van der Waals surface area contributed by atoms with Crippen LogP contribution in [0.25, 0.3) is 0 Å². The van der Waals surface area contributed by atoms with Crippen LogP contribution in [0.3, 0.4) is 0 Å². The van der Waals surface area contributed by atoms with E-state index >= 15 is 0 Å². The summed E-state index contributed by atoms with van der Waals surface area (Å²) in [6, 6.07) is 7.51. The minimum atomic E-state index is -0.455. The first kappa shape index (κ1) is 17.2. The van der Waals surface area contributed by atoms with Crippen LogP contribution in [0, 0.1) is 6.92 Å². The minimum absolute atomic E-state index is 0.0273. The van der Waals surface area contributed by atoms with E-state index in [2.05, 4.69) is 5.32 Å². The number of nitrogens with zero attached hydrogens (tertiary/aromatic N) is 1. The van der Waals surface area contributed by atoms with Gasteiger partial charge in [-0.25, -0.2) is 0 Å². The van der Waals surface area contributed by atoms with Crippen LogP contribution in [0.5, 0.6) is 0 Å². The number of nitrogens with one attached hydrogen (secondary N) is 1. The summed E-state index contributed by atoms with van der Waals surface area (Å²) in [7, 11) is 0. The Kier molecular flexibility index (Phi) is 6.92. The molecule has 0 bridgehead atoms. The standard InChI is InChI=1S/C17H26N2O2/c1-5-9-16(20)19(14(4)17(21)18-6-2)12-15-11-8-7-10-13(15)3/h7-8,10-11,14H,5-6,9,12H2,1-4H3,(H,18,21). The second-order valence-corrected chi connectivity index (χ2v) is 5.27. The van der Waals surface area contributed by atoms with Crippen LogP contribution in [-0.4, -0.2) is 29.3 Å². The van der Waals surface area contributed by atoms with Crippen molar-refractivity contribution in [2.75, 3.05) is 6.54 Å². The number of hydrogen-bond acceptors (Lipinski definition) is 2. The second kappa shape index (κ2) is 8.45. The number of likely N-dealkylation sites (N-methyl/N-ethyl adjacent to an activating group) is 1. The number of carbonyl (C=O) groups excluding carboxylic acids is 2. The molecule has 1 atom stereocenters. The van der Waals surface area contributed by atoms with Crippen LogP contribution < -0.4 is 5.32 Å². The molecule has 4 nitrogen and oxygen atoms in total. The van der Waals surface area contributed by atoms with Gasteiger partial charge in [-0.05, 0) is 38.3 Å². The van der Waals surface area contributed by atoms with Gasteiger partial charge in [-0.3, -0.25) is 9.59 Å². The minimum Gasteiger partial charge on any atom is -0.355 e. The predicted octanol–water partition coefficient (Wildman–Crippen LogP) is 2.65. The molecule has 1 aromatic rings. The SMILES string of the molecule is CCCC(=O)N(Cc1ccccc1C)C(C)C(=O)NCC. The monoisotopic (exact) mass is 290 g/mol. The van der Waals surface area contributed by atoms with Crippen molar-refractivity contribution in [2.45, 2.75) is 53.1 Å². The van der Waals surface area contributed by atoms with Crippen LogP contribution in [-0.2, 0) is 16.1 Å². The molecule has 4 heteroatoms. The second-order valence-electron chi connectivity index (χ2n) is 5.27. The fraction of sp³-hybridized carbons (Fsp3) is 0.529. The summed E-state index contributed by atoms with van der Waals surface area (Å²) in [4.78, 5) is 26.1. The lowest BCUT2D eigenvalue weighted by Crippen LogP contribution is -2.47. The van der Waals surface area contributed by atoms with Crippen LogP contribution in [0.2, 0.25) is 0 Å². The number of hydrogen-bond donors (Lipinski definition) is 1. The van der Waals surface area contributed by atoms with Crippen molar-refractivity contribution >= 4 is 11.8 Å². The van der Waals surface area contributed by atoms with Crippen molar-refractivity contribution in [1.82, 2.24) is 10.2 Å². The van der Waals surface area contributed by atoms with Crippen LogP contribution >= 0.6 is 0 Å². The molecule has 116 valence electrons. The molecule has 21 heavy (non-hydrogen) atoms. The zero-order chi connectivity index (χ0) is 15.8. The third-order valence-electron chi connectivity index (χ3n) is 3.58. The van der Waals surface area contributed by atoms with E-state index in [1.165, 1.54) is 0 Å². The van der Waals surface area contributed by atoms with Gasteiger partial charge in [0.25, 0.3) is 0 Å². The average molecular weight is 290 g/mol. The highest BCUT2D eigenvalue weighted by atomic mass is 16.2. The molecule has 1 unspecified atom stereocenters. The number of benzene rings is 1. The predicted molar refractivity (Wildman–Crippen MR) is 84.8 cm³/mol. The average Bonchev–Trinajstić information content (AvgIpc) is 2.46. The maximum Gasteiger partial charge on any atom is 0.242 e. The molecule has 0 aliphatic rings. The van der Waals surface area contributed by atoms with Gasteiger partial charge < -0.3 is 10.2 Å². The normalized spacial score (nSPS) is 11.8. The zero-order valence-corrected chi connectivity index (χ0v) is 13.5. The molecule has 1 N–H and O–H groups in total. The molecule has 0 radical (unpaired) electrons. The van der Waals surface area contributed by atoms with E-state index < -0.39 is 6.04 Å². The summed E-state index contributed by atoms with van der Waals surface area (Å²) >= 11 is 0. The van der Waals surface area contributed by atoms with E-state index in [9.17, 15) is 9.59 Å². The molecular formula is C17H26N2O2. The summed E-state index contributed by atoms with van der Waals surface area (Å²) in [5.41, 5.74) is 2.22. The highest BCUT2D eigenvalue weighted by molar-refractivity contribution is 5.87. The molecular weight excluding hydrogens is 264 g/mol. The molecule has 1 rings (SSSR count). The first-order chi connectivity index (χ1) is 10.0. The highest BCUT2D eigenvalue weighted by Crippen LogP contribution is 2.14. The Balaban J connectivity index is 2.94. The lowest BCUT2D eigenvalue weighted by Gasteiger charge is -2.29. The number of carbonyl (C=O) groups is 2. The quantitative estimate of drug-likeness (QED) is 0.839. The van der Waals surface area contributed by atoms with Gasteiger partial charge in [0.2, 0.25) is 11.8 Å². The molecule has 0 aliphatic carbocycles. The van der Waals surface area contributed by atoms with Crippen molar-refractivity contribution in [2.24, 2.45) is 0 Å². The molecule has 2 amide bonds. The number of aryl methyl sites for hydroxylation is 1. The number of rotatable bonds is 7. The maximum absolute atomic E-state index is 12.4. The summed E-state index contributed by atoms with van der Waals surface area (Å²) in [6.45, 7) is 8.71. The molecule has 0 spiro atoms. The van der Waals surface area contributed by atoms with Crippen molar-refractivity contribution < 1.29 is 9.59 Å². The lowest BCUT2D eigenvalue weighted by molar-refractivity contribution is -0.140. The van der Waals surface area contributed by atoms with E-state index in [0.717, 1.165) is 17.5 Å². The van der Waals surface area contributed by atoms with Crippen LogP contribution in [0.4, 0.5) is 0 Å². The Bertz CT molecular complexity index is 485. The summed E-state index contributed by atoms with van der Waals surface area (Å²) in [5.74, 6) is -0.0740. The van der Waals surface area contributed by atoms with Crippen molar-refractivity contribution in [1.29, 1.82) is 0 Å². The van der Waals surface area contributed by atoms with E-state index in [0.29, 0.717) is 19.5 Å². The summed E-state index contributed by atoms with van der Waals surface area (Å²) in [5, 5.41) is 2.79. The summed E-state index contributed by atoms with van der Waals surface area (Å²) in [6.07, 6.45) is 1.25. The molecule has 1 aromatic carbocycles. The molecule has 0 aromatic heterocycles.